The lowest BCUT2D eigenvalue weighted by molar-refractivity contribution is -0.137. The normalized spacial score (nSPS) is 12.0. The van der Waals surface area contributed by atoms with Crippen LogP contribution in [0.4, 0.5) is 44.1 Å². The minimum Gasteiger partial charge on any atom is -0.332 e. The topological polar surface area (TPSA) is 49.6 Å². The largest absolute Gasteiger partial charge is 0.416 e. The maximum absolute atomic E-state index is 14.5. The Kier molecular flexibility index (Phi) is 6.93. The quantitative estimate of drug-likeness (QED) is 0.211. The van der Waals surface area contributed by atoms with Crippen molar-refractivity contribution >= 4 is 33.5 Å². The molecule has 0 radical (unpaired) electrons. The van der Waals surface area contributed by atoms with Crippen molar-refractivity contribution in [1.29, 1.82) is 0 Å². The number of anilines is 2. The number of hydrogen-bond acceptors (Lipinski definition) is 5. The van der Waals surface area contributed by atoms with Crippen molar-refractivity contribution in [3.05, 3.63) is 88.8 Å². The van der Waals surface area contributed by atoms with Crippen LogP contribution in [0, 0.1) is 11.6 Å². The predicted molar refractivity (Wildman–Crippen MR) is 127 cm³/mol. The fraction of sp³-hybridized carbons (Fsp3) is 0.160. The molecular formula is C25H19F5N4S. The van der Waals surface area contributed by atoms with Crippen LogP contribution < -0.4 is 5.32 Å². The van der Waals surface area contributed by atoms with Gasteiger partial charge in [-0.3, -0.25) is 0 Å². The smallest absolute Gasteiger partial charge is 0.332 e. The SMILES string of the molecule is CC(C)c1cc(/N=N/c2ccc(F)c(-c3csc(Nc4cccc(C(F)(F)F)c4)n3)c2)ccc1F. The third-order valence-corrected chi connectivity index (χ3v) is 5.81. The van der Waals surface area contributed by atoms with Gasteiger partial charge in [-0.25, -0.2) is 13.8 Å². The summed E-state index contributed by atoms with van der Waals surface area (Å²) in [6.07, 6.45) is -4.46. The molecule has 0 aliphatic rings. The number of azo groups is 1. The number of hydrogen-bond donors (Lipinski definition) is 1. The lowest BCUT2D eigenvalue weighted by Gasteiger charge is -2.09. The van der Waals surface area contributed by atoms with E-state index in [1.165, 1.54) is 42.5 Å². The second kappa shape index (κ2) is 9.91. The highest BCUT2D eigenvalue weighted by molar-refractivity contribution is 7.14. The first-order valence-electron chi connectivity index (χ1n) is 10.5. The second-order valence-electron chi connectivity index (χ2n) is 7.97. The van der Waals surface area contributed by atoms with Crippen LogP contribution >= 0.6 is 11.3 Å². The van der Waals surface area contributed by atoms with Gasteiger partial charge in [0, 0.05) is 16.6 Å². The van der Waals surface area contributed by atoms with Gasteiger partial charge in [-0.2, -0.15) is 23.4 Å². The zero-order chi connectivity index (χ0) is 25.2. The molecular weight excluding hydrogens is 483 g/mol. The number of aromatic nitrogens is 1. The van der Waals surface area contributed by atoms with E-state index in [2.05, 4.69) is 20.5 Å². The molecule has 1 N–H and O–H groups in total. The van der Waals surface area contributed by atoms with Crippen molar-refractivity contribution in [3.8, 4) is 11.3 Å². The molecule has 0 spiro atoms. The molecule has 0 saturated carbocycles. The maximum Gasteiger partial charge on any atom is 0.416 e. The zero-order valence-corrected chi connectivity index (χ0v) is 19.4. The highest BCUT2D eigenvalue weighted by Gasteiger charge is 2.30. The zero-order valence-electron chi connectivity index (χ0n) is 18.6. The number of halogens is 5. The summed E-state index contributed by atoms with van der Waals surface area (Å²) < 4.78 is 67.3. The molecule has 3 aromatic carbocycles. The van der Waals surface area contributed by atoms with Gasteiger partial charge in [0.15, 0.2) is 5.13 Å². The minimum atomic E-state index is -4.46. The van der Waals surface area contributed by atoms with Gasteiger partial charge in [0.25, 0.3) is 0 Å². The molecule has 0 bridgehead atoms. The molecule has 35 heavy (non-hydrogen) atoms. The Balaban J connectivity index is 1.55. The molecule has 0 atom stereocenters. The fourth-order valence-electron chi connectivity index (χ4n) is 3.27. The van der Waals surface area contributed by atoms with E-state index in [9.17, 15) is 22.0 Å². The Morgan fingerprint density at radius 3 is 2.26 bits per heavy atom. The number of nitrogens with one attached hydrogen (secondary N) is 1. The standard InChI is InChI=1S/C25H19F5N4S/c1-14(2)19-11-17(6-8-21(19)26)33-34-18-7-9-22(27)20(12-18)23-13-35-24(32-23)31-16-5-3-4-15(10-16)25(28,29)30/h3-14H,1-2H3,(H,31,32)/b34-33+. The van der Waals surface area contributed by atoms with Gasteiger partial charge in [-0.1, -0.05) is 19.9 Å². The first-order valence-corrected chi connectivity index (χ1v) is 11.4. The van der Waals surface area contributed by atoms with Gasteiger partial charge in [0.2, 0.25) is 0 Å². The van der Waals surface area contributed by atoms with Crippen LogP contribution in [-0.2, 0) is 6.18 Å². The molecule has 4 aromatic rings. The van der Waals surface area contributed by atoms with Crippen LogP contribution in [0.5, 0.6) is 0 Å². The highest BCUT2D eigenvalue weighted by Crippen LogP contribution is 2.34. The van der Waals surface area contributed by atoms with Crippen molar-refractivity contribution in [2.45, 2.75) is 25.9 Å². The molecule has 4 nitrogen and oxygen atoms in total. The van der Waals surface area contributed by atoms with Gasteiger partial charge in [-0.15, -0.1) is 11.3 Å². The number of thiazole rings is 1. The van der Waals surface area contributed by atoms with Gasteiger partial charge in [-0.05, 0) is 66.1 Å². The Labute approximate surface area is 202 Å². The Morgan fingerprint density at radius 2 is 1.57 bits per heavy atom. The molecule has 0 aliphatic carbocycles. The van der Waals surface area contributed by atoms with Crippen LogP contribution in [0.15, 0.2) is 76.3 Å². The Morgan fingerprint density at radius 1 is 0.886 bits per heavy atom. The molecule has 0 aliphatic heterocycles. The van der Waals surface area contributed by atoms with E-state index in [1.807, 2.05) is 13.8 Å². The van der Waals surface area contributed by atoms with E-state index in [1.54, 1.807) is 11.4 Å². The molecule has 0 amide bonds. The van der Waals surface area contributed by atoms with Crippen molar-refractivity contribution in [3.63, 3.8) is 0 Å². The van der Waals surface area contributed by atoms with Crippen molar-refractivity contribution in [1.82, 2.24) is 4.98 Å². The average molecular weight is 503 g/mol. The van der Waals surface area contributed by atoms with Gasteiger partial charge in [0.1, 0.15) is 11.6 Å². The molecule has 180 valence electrons. The van der Waals surface area contributed by atoms with Crippen molar-refractivity contribution in [2.24, 2.45) is 10.2 Å². The Hall–Kier alpha value is -3.66. The van der Waals surface area contributed by atoms with Crippen LogP contribution in [0.2, 0.25) is 0 Å². The summed E-state index contributed by atoms with van der Waals surface area (Å²) in [7, 11) is 0. The third kappa shape index (κ3) is 5.89. The van der Waals surface area contributed by atoms with E-state index in [4.69, 9.17) is 0 Å². The summed E-state index contributed by atoms with van der Waals surface area (Å²) in [5.74, 6) is -0.879. The molecule has 0 unspecified atom stereocenters. The number of alkyl halides is 3. The number of benzene rings is 3. The molecule has 4 rings (SSSR count). The molecule has 1 heterocycles. The maximum atomic E-state index is 14.5. The van der Waals surface area contributed by atoms with Crippen LogP contribution in [-0.4, -0.2) is 4.98 Å². The van der Waals surface area contributed by atoms with E-state index in [0.29, 0.717) is 27.8 Å². The van der Waals surface area contributed by atoms with Crippen molar-refractivity contribution in [2.75, 3.05) is 5.32 Å². The van der Waals surface area contributed by atoms with Crippen LogP contribution in [0.3, 0.4) is 0 Å². The van der Waals surface area contributed by atoms with E-state index in [-0.39, 0.29) is 23.0 Å². The number of rotatable bonds is 6. The first kappa shape index (κ1) is 24.5. The lowest BCUT2D eigenvalue weighted by atomic mass is 10.0. The summed E-state index contributed by atoms with van der Waals surface area (Å²) in [5.41, 5.74) is 1.22. The van der Waals surface area contributed by atoms with Crippen LogP contribution in [0.1, 0.15) is 30.9 Å². The van der Waals surface area contributed by atoms with Gasteiger partial charge >= 0.3 is 6.18 Å². The first-order chi connectivity index (χ1) is 16.6. The van der Waals surface area contributed by atoms with Crippen molar-refractivity contribution < 1.29 is 22.0 Å². The highest BCUT2D eigenvalue weighted by atomic mass is 32.1. The molecule has 10 heteroatoms. The predicted octanol–water partition coefficient (Wildman–Crippen LogP) is 9.39. The molecule has 0 saturated heterocycles. The molecule has 0 fully saturated rings. The van der Waals surface area contributed by atoms with Gasteiger partial charge < -0.3 is 5.32 Å². The lowest BCUT2D eigenvalue weighted by Crippen LogP contribution is -2.05. The van der Waals surface area contributed by atoms with E-state index < -0.39 is 17.6 Å². The average Bonchev–Trinajstić information content (AvgIpc) is 3.27. The van der Waals surface area contributed by atoms with Crippen LogP contribution in [0.25, 0.3) is 11.3 Å². The third-order valence-electron chi connectivity index (χ3n) is 5.05. The number of nitrogens with zero attached hydrogens (tertiary/aromatic N) is 3. The second-order valence-corrected chi connectivity index (χ2v) is 8.82. The summed E-state index contributed by atoms with van der Waals surface area (Å²) in [4.78, 5) is 4.30. The summed E-state index contributed by atoms with van der Waals surface area (Å²) in [6, 6.07) is 13.3. The van der Waals surface area contributed by atoms with E-state index >= 15 is 0 Å². The van der Waals surface area contributed by atoms with E-state index in [0.717, 1.165) is 23.5 Å². The Bertz CT molecular complexity index is 1380. The monoisotopic (exact) mass is 502 g/mol. The van der Waals surface area contributed by atoms with Gasteiger partial charge in [0.05, 0.1) is 22.6 Å². The summed E-state index contributed by atoms with van der Waals surface area (Å²) in [5, 5.41) is 13.0. The summed E-state index contributed by atoms with van der Waals surface area (Å²) in [6.45, 7) is 3.74. The minimum absolute atomic E-state index is 0.0222. The summed E-state index contributed by atoms with van der Waals surface area (Å²) >= 11 is 1.12. The fourth-order valence-corrected chi connectivity index (χ4v) is 4.01. The molecule has 1 aromatic heterocycles.